The summed E-state index contributed by atoms with van der Waals surface area (Å²) in [5.41, 5.74) is 0.538. The second-order valence-corrected chi connectivity index (χ2v) is 12.0. The number of benzene rings is 1. The highest BCUT2D eigenvalue weighted by molar-refractivity contribution is 5.33. The van der Waals surface area contributed by atoms with Gasteiger partial charge in [-0.1, -0.05) is 70.4 Å². The molecular formula is C32H48F2O. The van der Waals surface area contributed by atoms with Gasteiger partial charge in [0.15, 0.2) is 11.6 Å². The van der Waals surface area contributed by atoms with Gasteiger partial charge in [0.1, 0.15) is 0 Å². The zero-order valence-electron chi connectivity index (χ0n) is 22.3. The van der Waals surface area contributed by atoms with Gasteiger partial charge < -0.3 is 4.74 Å². The highest BCUT2D eigenvalue weighted by atomic mass is 19.2. The van der Waals surface area contributed by atoms with Crippen molar-refractivity contribution in [1.29, 1.82) is 0 Å². The van der Waals surface area contributed by atoms with E-state index < -0.39 is 11.6 Å². The van der Waals surface area contributed by atoms with Crippen molar-refractivity contribution < 1.29 is 13.5 Å². The lowest BCUT2D eigenvalue weighted by Gasteiger charge is -2.38. The second-order valence-electron chi connectivity index (χ2n) is 12.0. The Morgan fingerprint density at radius 3 is 1.74 bits per heavy atom. The Bertz CT molecular complexity index is 794. The third-order valence-corrected chi connectivity index (χ3v) is 9.82. The minimum Gasteiger partial charge on any atom is -0.462 e. The summed E-state index contributed by atoms with van der Waals surface area (Å²) >= 11 is 0. The molecule has 0 aliphatic heterocycles. The van der Waals surface area contributed by atoms with Crippen LogP contribution >= 0.6 is 0 Å². The van der Waals surface area contributed by atoms with E-state index >= 15 is 0 Å². The highest BCUT2D eigenvalue weighted by Gasteiger charge is 2.31. The lowest BCUT2D eigenvalue weighted by atomic mass is 9.68. The van der Waals surface area contributed by atoms with Gasteiger partial charge in [-0.05, 0) is 105 Å². The van der Waals surface area contributed by atoms with Gasteiger partial charge in [-0.25, -0.2) is 4.39 Å². The predicted molar refractivity (Wildman–Crippen MR) is 142 cm³/mol. The number of allylic oxidation sites excluding steroid dienone is 1. The molecule has 0 bridgehead atoms. The van der Waals surface area contributed by atoms with Crippen LogP contribution in [-0.4, -0.2) is 0 Å². The number of hydrogen-bond acceptors (Lipinski definition) is 1. The zero-order chi connectivity index (χ0) is 24.6. The highest BCUT2D eigenvalue weighted by Crippen LogP contribution is 2.44. The lowest BCUT2D eigenvalue weighted by Crippen LogP contribution is -2.26. The van der Waals surface area contributed by atoms with E-state index in [0.717, 1.165) is 55.3 Å². The van der Waals surface area contributed by atoms with E-state index in [1.54, 1.807) is 25.1 Å². The Morgan fingerprint density at radius 2 is 1.23 bits per heavy atom. The summed E-state index contributed by atoms with van der Waals surface area (Å²) in [6.45, 7) is 4.12. The molecule has 1 aromatic carbocycles. The Morgan fingerprint density at radius 1 is 0.714 bits per heavy atom. The van der Waals surface area contributed by atoms with Crippen LogP contribution in [0, 0.1) is 41.2 Å². The van der Waals surface area contributed by atoms with Gasteiger partial charge in [0, 0.05) is 0 Å². The molecule has 0 radical (unpaired) electrons. The Labute approximate surface area is 213 Å². The van der Waals surface area contributed by atoms with Crippen LogP contribution in [0.5, 0.6) is 5.75 Å². The molecule has 0 saturated heterocycles. The molecule has 0 unspecified atom stereocenters. The molecule has 196 valence electrons. The molecule has 1 nitrogen and oxygen atoms in total. The van der Waals surface area contributed by atoms with Crippen LogP contribution in [0.3, 0.4) is 0 Å². The molecule has 0 heterocycles. The largest absolute Gasteiger partial charge is 0.462 e. The summed E-state index contributed by atoms with van der Waals surface area (Å²) in [5.74, 6) is 3.28. The molecular weight excluding hydrogens is 438 g/mol. The summed E-state index contributed by atoms with van der Waals surface area (Å²) in [7, 11) is 0. The molecule has 3 aliphatic rings. The van der Waals surface area contributed by atoms with Gasteiger partial charge in [0.25, 0.3) is 0 Å². The topological polar surface area (TPSA) is 9.23 Å². The van der Waals surface area contributed by atoms with Gasteiger partial charge in [-0.2, -0.15) is 4.39 Å². The summed E-state index contributed by atoms with van der Waals surface area (Å²) in [6.07, 6.45) is 24.6. The molecule has 3 aliphatic carbocycles. The summed E-state index contributed by atoms with van der Waals surface area (Å²) in [6, 6.07) is 3.31. The summed E-state index contributed by atoms with van der Waals surface area (Å²) in [5, 5.41) is 0. The van der Waals surface area contributed by atoms with Crippen molar-refractivity contribution in [2.75, 3.05) is 0 Å². The maximum Gasteiger partial charge on any atom is 0.201 e. The minimum absolute atomic E-state index is 0.0306. The van der Waals surface area contributed by atoms with Crippen molar-refractivity contribution in [3.8, 4) is 5.75 Å². The fourth-order valence-electron chi connectivity index (χ4n) is 7.63. The summed E-state index contributed by atoms with van der Waals surface area (Å²) < 4.78 is 34.3. The molecule has 3 heteroatoms. The van der Waals surface area contributed by atoms with Crippen molar-refractivity contribution in [2.24, 2.45) is 29.6 Å². The maximum atomic E-state index is 14.7. The Kier molecular flexibility index (Phi) is 10.1. The number of halogens is 2. The van der Waals surface area contributed by atoms with Crippen LogP contribution in [0.2, 0.25) is 0 Å². The van der Waals surface area contributed by atoms with E-state index in [1.165, 1.54) is 83.3 Å². The van der Waals surface area contributed by atoms with Crippen LogP contribution in [-0.2, 0) is 0 Å². The van der Waals surface area contributed by atoms with E-state index in [4.69, 9.17) is 4.74 Å². The maximum absolute atomic E-state index is 14.7. The molecule has 0 N–H and O–H groups in total. The average Bonchev–Trinajstić information content (AvgIpc) is 2.90. The third-order valence-electron chi connectivity index (χ3n) is 9.82. The van der Waals surface area contributed by atoms with E-state index in [1.807, 2.05) is 0 Å². The first kappa shape index (κ1) is 26.7. The van der Waals surface area contributed by atoms with Crippen LogP contribution in [0.15, 0.2) is 24.5 Å². The van der Waals surface area contributed by atoms with E-state index in [0.29, 0.717) is 5.56 Å². The van der Waals surface area contributed by atoms with E-state index in [-0.39, 0.29) is 11.7 Å². The first-order valence-electron chi connectivity index (χ1n) is 14.8. The van der Waals surface area contributed by atoms with E-state index in [2.05, 4.69) is 6.92 Å². The average molecular weight is 487 g/mol. The monoisotopic (exact) mass is 486 g/mol. The van der Waals surface area contributed by atoms with Crippen LogP contribution in [0.25, 0.3) is 0 Å². The molecule has 0 atom stereocenters. The fourth-order valence-corrected chi connectivity index (χ4v) is 7.63. The second kappa shape index (κ2) is 13.2. The van der Waals surface area contributed by atoms with Gasteiger partial charge >= 0.3 is 0 Å². The van der Waals surface area contributed by atoms with Gasteiger partial charge in [-0.15, -0.1) is 0 Å². The quantitative estimate of drug-likeness (QED) is 0.315. The predicted octanol–water partition coefficient (Wildman–Crippen LogP) is 10.3. The van der Waals surface area contributed by atoms with Gasteiger partial charge in [0.05, 0.1) is 6.26 Å². The van der Waals surface area contributed by atoms with Crippen molar-refractivity contribution in [3.63, 3.8) is 0 Å². The minimum atomic E-state index is -0.854. The molecule has 0 aromatic heterocycles. The van der Waals surface area contributed by atoms with Crippen LogP contribution in [0.4, 0.5) is 8.78 Å². The van der Waals surface area contributed by atoms with Gasteiger partial charge in [0.2, 0.25) is 5.82 Å². The van der Waals surface area contributed by atoms with Crippen LogP contribution in [0.1, 0.15) is 128 Å². The number of rotatable bonds is 9. The number of hydrogen-bond donors (Lipinski definition) is 0. The molecule has 0 spiro atoms. The molecule has 0 amide bonds. The first-order chi connectivity index (χ1) is 17.1. The SMILES string of the molecule is CC=COc1ccc(C2CCC(CCC3CCC(C4CCC(CCC)CC4)CC3)CC2)c(F)c1F. The number of ether oxygens (including phenoxy) is 1. The first-order valence-corrected chi connectivity index (χ1v) is 14.8. The molecule has 35 heavy (non-hydrogen) atoms. The zero-order valence-corrected chi connectivity index (χ0v) is 22.3. The smallest absolute Gasteiger partial charge is 0.201 e. The van der Waals surface area contributed by atoms with Crippen molar-refractivity contribution >= 4 is 0 Å². The standard InChI is InChI=1S/C32H48F2O/c1-3-5-23-8-14-26(15-9-23)27-16-10-24(11-17-27)6-7-25-12-18-28(19-13-25)29-20-21-30(35-22-4-2)32(34)31(29)33/h4,20-28H,3,5-19H2,1-2H3. The molecule has 3 fully saturated rings. The van der Waals surface area contributed by atoms with Gasteiger partial charge in [-0.3, -0.25) is 0 Å². The Balaban J connectivity index is 1.15. The lowest BCUT2D eigenvalue weighted by molar-refractivity contribution is 0.137. The molecule has 1 aromatic rings. The Hall–Kier alpha value is -1.38. The van der Waals surface area contributed by atoms with Crippen LogP contribution < -0.4 is 4.74 Å². The van der Waals surface area contributed by atoms with E-state index in [9.17, 15) is 8.78 Å². The van der Waals surface area contributed by atoms with Crippen molar-refractivity contribution in [3.05, 3.63) is 41.7 Å². The third kappa shape index (κ3) is 7.10. The normalized spacial score (nSPS) is 32.1. The molecule has 4 rings (SSSR count). The fraction of sp³-hybridized carbons (Fsp3) is 0.750. The van der Waals surface area contributed by atoms with Crippen molar-refractivity contribution in [1.82, 2.24) is 0 Å². The molecule has 3 saturated carbocycles. The van der Waals surface area contributed by atoms with Crippen molar-refractivity contribution in [2.45, 2.75) is 122 Å². The summed E-state index contributed by atoms with van der Waals surface area (Å²) in [4.78, 5) is 0.